The molecule has 0 aliphatic carbocycles. The number of rotatable bonds is 5. The highest BCUT2D eigenvalue weighted by atomic mass is 19.1. The van der Waals surface area contributed by atoms with Crippen LogP contribution in [0.2, 0.25) is 0 Å². The first-order chi connectivity index (χ1) is 10.6. The summed E-state index contributed by atoms with van der Waals surface area (Å²) < 4.78 is 13.4. The van der Waals surface area contributed by atoms with Crippen LogP contribution >= 0.6 is 0 Å². The Labute approximate surface area is 129 Å². The van der Waals surface area contributed by atoms with Crippen molar-refractivity contribution >= 4 is 6.03 Å². The molecule has 1 atom stereocenters. The Kier molecular flexibility index (Phi) is 5.49. The Bertz CT molecular complexity index is 646. The van der Waals surface area contributed by atoms with Crippen molar-refractivity contribution in [2.45, 2.75) is 19.6 Å². The van der Waals surface area contributed by atoms with E-state index in [9.17, 15) is 14.3 Å². The number of aryl methyl sites for hydroxylation is 1. The van der Waals surface area contributed by atoms with Gasteiger partial charge in [0.2, 0.25) is 0 Å². The molecule has 0 bridgehead atoms. The van der Waals surface area contributed by atoms with E-state index in [4.69, 9.17) is 0 Å². The molecule has 0 radical (unpaired) electrons. The number of carbonyl (C=O) groups is 1. The molecule has 0 aliphatic heterocycles. The maximum absolute atomic E-state index is 13.4. The van der Waals surface area contributed by atoms with Crippen LogP contribution < -0.4 is 10.6 Å². The number of halogens is 1. The second kappa shape index (κ2) is 7.56. The smallest absolute Gasteiger partial charge is 0.315 e. The van der Waals surface area contributed by atoms with Crippen molar-refractivity contribution in [2.24, 2.45) is 0 Å². The number of nitrogens with one attached hydrogen (secondary N) is 2. The first-order valence-electron chi connectivity index (χ1n) is 7.06. The predicted octanol–water partition coefficient (Wildman–Crippen LogP) is 2.67. The molecule has 0 fully saturated rings. The predicted molar refractivity (Wildman–Crippen MR) is 82.8 cm³/mol. The topological polar surface area (TPSA) is 61.4 Å². The lowest BCUT2D eigenvalue weighted by atomic mass is 10.0. The number of carbonyl (C=O) groups excluding carboxylic acids is 1. The molecule has 0 saturated heterocycles. The molecule has 2 rings (SSSR count). The monoisotopic (exact) mass is 302 g/mol. The molecule has 0 aliphatic rings. The van der Waals surface area contributed by atoms with Gasteiger partial charge in [-0.25, -0.2) is 9.18 Å². The molecule has 4 nitrogen and oxygen atoms in total. The lowest BCUT2D eigenvalue weighted by Crippen LogP contribution is -2.37. The summed E-state index contributed by atoms with van der Waals surface area (Å²) in [4.78, 5) is 11.7. The van der Waals surface area contributed by atoms with E-state index in [1.54, 1.807) is 18.2 Å². The molecular formula is C17H19FN2O2. The largest absolute Gasteiger partial charge is 0.387 e. The van der Waals surface area contributed by atoms with Crippen LogP contribution in [0.25, 0.3) is 0 Å². The highest BCUT2D eigenvalue weighted by Crippen LogP contribution is 2.16. The van der Waals surface area contributed by atoms with Gasteiger partial charge >= 0.3 is 6.03 Å². The molecule has 2 amide bonds. The Hall–Kier alpha value is -2.40. The fourth-order valence-electron chi connectivity index (χ4n) is 2.14. The maximum Gasteiger partial charge on any atom is 0.315 e. The molecule has 0 heterocycles. The third-order valence-corrected chi connectivity index (χ3v) is 3.40. The van der Waals surface area contributed by atoms with Crippen molar-refractivity contribution in [3.8, 4) is 0 Å². The number of aliphatic hydroxyl groups is 1. The lowest BCUT2D eigenvalue weighted by Gasteiger charge is -2.15. The molecule has 22 heavy (non-hydrogen) atoms. The molecular weight excluding hydrogens is 283 g/mol. The Morgan fingerprint density at radius 2 is 1.82 bits per heavy atom. The maximum atomic E-state index is 13.4. The Morgan fingerprint density at radius 3 is 2.55 bits per heavy atom. The molecule has 2 aromatic rings. The second-order valence-electron chi connectivity index (χ2n) is 5.03. The van der Waals surface area contributed by atoms with Gasteiger partial charge in [-0.05, 0) is 24.1 Å². The van der Waals surface area contributed by atoms with Gasteiger partial charge in [0.1, 0.15) is 5.82 Å². The molecule has 3 N–H and O–H groups in total. The molecule has 1 unspecified atom stereocenters. The van der Waals surface area contributed by atoms with E-state index in [1.807, 2.05) is 31.2 Å². The normalized spacial score (nSPS) is 11.8. The van der Waals surface area contributed by atoms with Crippen LogP contribution in [0, 0.1) is 12.7 Å². The van der Waals surface area contributed by atoms with Gasteiger partial charge in [0.05, 0.1) is 6.10 Å². The quantitative estimate of drug-likeness (QED) is 0.795. The molecule has 2 aromatic carbocycles. The summed E-state index contributed by atoms with van der Waals surface area (Å²) >= 11 is 0. The number of urea groups is 1. The average Bonchev–Trinajstić information content (AvgIpc) is 2.52. The first-order valence-corrected chi connectivity index (χ1v) is 7.06. The van der Waals surface area contributed by atoms with Crippen LogP contribution in [0.5, 0.6) is 0 Å². The van der Waals surface area contributed by atoms with Gasteiger partial charge in [0.15, 0.2) is 0 Å². The molecule has 5 heteroatoms. The van der Waals surface area contributed by atoms with Gasteiger partial charge in [0.25, 0.3) is 0 Å². The van der Waals surface area contributed by atoms with Crippen LogP contribution in [0.4, 0.5) is 9.18 Å². The van der Waals surface area contributed by atoms with Crippen molar-refractivity contribution in [3.63, 3.8) is 0 Å². The second-order valence-corrected chi connectivity index (χ2v) is 5.03. The fraction of sp³-hybridized carbons (Fsp3) is 0.235. The van der Waals surface area contributed by atoms with E-state index in [2.05, 4.69) is 10.6 Å². The van der Waals surface area contributed by atoms with Crippen LogP contribution in [0.15, 0.2) is 48.5 Å². The van der Waals surface area contributed by atoms with Crippen LogP contribution in [-0.4, -0.2) is 17.7 Å². The minimum Gasteiger partial charge on any atom is -0.387 e. The van der Waals surface area contributed by atoms with Crippen molar-refractivity contribution in [3.05, 3.63) is 71.0 Å². The van der Waals surface area contributed by atoms with Crippen LogP contribution in [-0.2, 0) is 6.54 Å². The summed E-state index contributed by atoms with van der Waals surface area (Å²) in [6.45, 7) is 2.09. The zero-order valence-corrected chi connectivity index (χ0v) is 12.3. The van der Waals surface area contributed by atoms with Crippen molar-refractivity contribution in [1.82, 2.24) is 10.6 Å². The summed E-state index contributed by atoms with van der Waals surface area (Å²) in [5.41, 5.74) is 2.15. The van der Waals surface area contributed by atoms with E-state index >= 15 is 0 Å². The number of aliphatic hydroxyl groups excluding tert-OH is 1. The highest BCUT2D eigenvalue weighted by Gasteiger charge is 2.11. The Balaban J connectivity index is 1.81. The minimum atomic E-state index is -0.777. The van der Waals surface area contributed by atoms with Gasteiger partial charge in [-0.15, -0.1) is 0 Å². The number of amides is 2. The summed E-state index contributed by atoms with van der Waals surface area (Å²) in [7, 11) is 0. The Morgan fingerprint density at radius 1 is 1.14 bits per heavy atom. The van der Waals surface area contributed by atoms with Gasteiger partial charge < -0.3 is 15.7 Å². The summed E-state index contributed by atoms with van der Waals surface area (Å²) in [5, 5.41) is 15.2. The molecule has 0 saturated carbocycles. The third-order valence-electron chi connectivity index (χ3n) is 3.40. The summed E-state index contributed by atoms with van der Waals surface area (Å²) in [6, 6.07) is 13.3. The highest BCUT2D eigenvalue weighted by molar-refractivity contribution is 5.73. The SMILES string of the molecule is Cc1ccccc1C(O)CNC(=O)NCc1ccccc1F. The van der Waals surface area contributed by atoms with Crippen molar-refractivity contribution < 1.29 is 14.3 Å². The standard InChI is InChI=1S/C17H19FN2O2/c1-12-6-2-4-8-14(12)16(21)11-20-17(22)19-10-13-7-3-5-9-15(13)18/h2-9,16,21H,10-11H2,1H3,(H2,19,20,22). The van der Waals surface area contributed by atoms with E-state index < -0.39 is 12.1 Å². The van der Waals surface area contributed by atoms with Crippen molar-refractivity contribution in [2.75, 3.05) is 6.54 Å². The van der Waals surface area contributed by atoms with Gasteiger partial charge in [-0.3, -0.25) is 0 Å². The van der Waals surface area contributed by atoms with Gasteiger partial charge in [-0.1, -0.05) is 42.5 Å². The van der Waals surface area contributed by atoms with Gasteiger partial charge in [0, 0.05) is 18.7 Å². The molecule has 0 spiro atoms. The average molecular weight is 302 g/mol. The number of hydrogen-bond donors (Lipinski definition) is 3. The number of hydrogen-bond acceptors (Lipinski definition) is 2. The summed E-state index contributed by atoms with van der Waals surface area (Å²) in [5.74, 6) is -0.359. The zero-order chi connectivity index (χ0) is 15.9. The number of benzene rings is 2. The van der Waals surface area contributed by atoms with Gasteiger partial charge in [-0.2, -0.15) is 0 Å². The van der Waals surface area contributed by atoms with Crippen molar-refractivity contribution in [1.29, 1.82) is 0 Å². The zero-order valence-electron chi connectivity index (χ0n) is 12.3. The molecule has 0 aromatic heterocycles. The first kappa shape index (κ1) is 16.0. The van der Waals surface area contributed by atoms with E-state index in [0.29, 0.717) is 5.56 Å². The minimum absolute atomic E-state index is 0.0912. The van der Waals surface area contributed by atoms with Crippen LogP contribution in [0.1, 0.15) is 22.8 Å². The summed E-state index contributed by atoms with van der Waals surface area (Å²) in [6.07, 6.45) is -0.777. The van der Waals surface area contributed by atoms with E-state index in [0.717, 1.165) is 11.1 Å². The lowest BCUT2D eigenvalue weighted by molar-refractivity contribution is 0.172. The third kappa shape index (κ3) is 4.30. The fourth-order valence-corrected chi connectivity index (χ4v) is 2.14. The molecule has 116 valence electrons. The van der Waals surface area contributed by atoms with E-state index in [-0.39, 0.29) is 18.9 Å². The van der Waals surface area contributed by atoms with E-state index in [1.165, 1.54) is 6.07 Å². The van der Waals surface area contributed by atoms with Crippen LogP contribution in [0.3, 0.4) is 0 Å².